The number of carboxylic acids is 2. The van der Waals surface area contributed by atoms with E-state index >= 15 is 0 Å². The Hall–Kier alpha value is -3.53. The van der Waals surface area contributed by atoms with Gasteiger partial charge in [0, 0.05) is 44.0 Å². The fourth-order valence-electron chi connectivity index (χ4n) is 4.16. The summed E-state index contributed by atoms with van der Waals surface area (Å²) in [4.78, 5) is 31.4. The third kappa shape index (κ3) is 10.9. The van der Waals surface area contributed by atoms with Gasteiger partial charge in [-0.05, 0) is 43.1 Å². The van der Waals surface area contributed by atoms with Crippen LogP contribution in [0.15, 0.2) is 42.7 Å². The number of alkyl halides is 6. The lowest BCUT2D eigenvalue weighted by molar-refractivity contribution is -0.193. The van der Waals surface area contributed by atoms with Crippen molar-refractivity contribution < 1.29 is 55.3 Å². The monoisotopic (exact) mass is 584 g/mol. The Balaban J connectivity index is 0.000000333. The molecule has 1 unspecified atom stereocenters. The van der Waals surface area contributed by atoms with Crippen LogP contribution in [0.2, 0.25) is 0 Å². The highest BCUT2D eigenvalue weighted by atomic mass is 19.4. The van der Waals surface area contributed by atoms with Crippen molar-refractivity contribution >= 4 is 17.9 Å². The van der Waals surface area contributed by atoms with Gasteiger partial charge in [-0.3, -0.25) is 4.90 Å². The van der Waals surface area contributed by atoms with Gasteiger partial charge in [-0.2, -0.15) is 26.3 Å². The molecule has 0 bridgehead atoms. The molecule has 0 saturated carbocycles. The summed E-state index contributed by atoms with van der Waals surface area (Å²) >= 11 is 0. The first-order valence-corrected chi connectivity index (χ1v) is 11.8. The maximum Gasteiger partial charge on any atom is 0.490 e. The Morgan fingerprint density at radius 3 is 2.00 bits per heavy atom. The van der Waals surface area contributed by atoms with Gasteiger partial charge >= 0.3 is 24.3 Å². The normalized spacial score (nSPS) is 19.9. The van der Waals surface area contributed by atoms with Gasteiger partial charge in [0.05, 0.1) is 13.2 Å². The van der Waals surface area contributed by atoms with Crippen LogP contribution in [0.1, 0.15) is 18.4 Å². The van der Waals surface area contributed by atoms with Crippen molar-refractivity contribution in [3.8, 4) is 0 Å². The molecule has 1 atom stereocenters. The van der Waals surface area contributed by atoms with E-state index < -0.39 is 24.3 Å². The van der Waals surface area contributed by atoms with Crippen LogP contribution in [-0.4, -0.2) is 88.8 Å². The van der Waals surface area contributed by atoms with Crippen molar-refractivity contribution in [2.24, 2.45) is 5.41 Å². The summed E-state index contributed by atoms with van der Waals surface area (Å²) in [5.74, 6) is -4.91. The van der Waals surface area contributed by atoms with Crippen molar-refractivity contribution in [2.75, 3.05) is 44.3 Å². The predicted octanol–water partition coefficient (Wildman–Crippen LogP) is 4.00. The topological polar surface area (TPSA) is 116 Å². The van der Waals surface area contributed by atoms with Gasteiger partial charge in [-0.1, -0.05) is 12.1 Å². The SMILES string of the molecule is Fc1ccc(CN2CCCC3(COCCN(c4ncccn4)C3)C2)cc1.O=C(O)C(F)(F)F.O=C(O)C(F)(F)F. The summed E-state index contributed by atoms with van der Waals surface area (Å²) in [5.41, 5.74) is 1.25. The third-order valence-electron chi connectivity index (χ3n) is 5.82. The first-order chi connectivity index (χ1) is 18.6. The number of anilines is 1. The highest BCUT2D eigenvalue weighted by Gasteiger charge is 2.40. The summed E-state index contributed by atoms with van der Waals surface area (Å²) in [6.45, 7) is 6.12. The fourth-order valence-corrected chi connectivity index (χ4v) is 4.16. The van der Waals surface area contributed by atoms with Gasteiger partial charge < -0.3 is 19.8 Å². The highest BCUT2D eigenvalue weighted by Crippen LogP contribution is 2.34. The van der Waals surface area contributed by atoms with Crippen LogP contribution in [0, 0.1) is 11.2 Å². The van der Waals surface area contributed by atoms with E-state index in [1.54, 1.807) is 12.4 Å². The zero-order valence-corrected chi connectivity index (χ0v) is 21.0. The summed E-state index contributed by atoms with van der Waals surface area (Å²) in [7, 11) is 0. The first-order valence-electron chi connectivity index (χ1n) is 11.8. The van der Waals surface area contributed by atoms with Crippen LogP contribution in [0.3, 0.4) is 0 Å². The second kappa shape index (κ2) is 14.2. The standard InChI is InChI=1S/C20H25FN4O.2C2HF3O2/c21-18-5-3-17(4-6-18)13-24-10-1-7-20(14-24)15-25(11-12-26-16-20)19-22-8-2-9-23-19;2*3-2(4,5)1(6)7/h2-6,8-9H,1,7,10-16H2;2*(H,6,7). The van der Waals surface area contributed by atoms with Crippen LogP contribution in [0.25, 0.3) is 0 Å². The lowest BCUT2D eigenvalue weighted by Crippen LogP contribution is -2.50. The molecule has 2 aromatic rings. The number of likely N-dealkylation sites (tertiary alicyclic amines) is 1. The van der Waals surface area contributed by atoms with E-state index in [1.807, 2.05) is 18.2 Å². The van der Waals surface area contributed by atoms with Crippen molar-refractivity contribution in [3.63, 3.8) is 0 Å². The Morgan fingerprint density at radius 2 is 1.48 bits per heavy atom. The number of carbonyl (C=O) groups is 2. The van der Waals surface area contributed by atoms with E-state index in [0.717, 1.165) is 63.7 Å². The molecule has 3 heterocycles. The molecule has 222 valence electrons. The molecule has 1 spiro atoms. The van der Waals surface area contributed by atoms with Gasteiger partial charge in [-0.15, -0.1) is 0 Å². The molecule has 2 N–H and O–H groups in total. The molecule has 2 saturated heterocycles. The molecular weight excluding hydrogens is 557 g/mol. The molecule has 0 aliphatic carbocycles. The van der Waals surface area contributed by atoms with Gasteiger partial charge in [0.2, 0.25) is 5.95 Å². The number of benzene rings is 1. The number of ether oxygens (including phenoxy) is 1. The van der Waals surface area contributed by atoms with E-state index in [9.17, 15) is 30.7 Å². The minimum Gasteiger partial charge on any atom is -0.475 e. The number of rotatable bonds is 3. The quantitative estimate of drug-likeness (QED) is 0.517. The van der Waals surface area contributed by atoms with E-state index in [4.69, 9.17) is 24.5 Å². The molecular formula is C24H27F7N4O5. The van der Waals surface area contributed by atoms with E-state index in [0.29, 0.717) is 6.61 Å². The number of hydrogen-bond acceptors (Lipinski definition) is 7. The molecule has 0 radical (unpaired) electrons. The molecule has 1 aromatic heterocycles. The van der Waals surface area contributed by atoms with Crippen molar-refractivity contribution in [2.45, 2.75) is 31.7 Å². The Bertz CT molecular complexity index is 1060. The number of nitrogens with zero attached hydrogens (tertiary/aromatic N) is 4. The first kappa shape index (κ1) is 32.7. The summed E-state index contributed by atoms with van der Waals surface area (Å²) in [5, 5.41) is 14.2. The average Bonchev–Trinajstić information content (AvgIpc) is 3.08. The van der Waals surface area contributed by atoms with E-state index in [-0.39, 0.29) is 11.2 Å². The number of aromatic nitrogens is 2. The molecule has 0 amide bonds. The van der Waals surface area contributed by atoms with Gasteiger partial charge in [-0.25, -0.2) is 23.9 Å². The van der Waals surface area contributed by atoms with Gasteiger partial charge in [0.1, 0.15) is 5.82 Å². The van der Waals surface area contributed by atoms with Crippen LogP contribution in [0.5, 0.6) is 0 Å². The summed E-state index contributed by atoms with van der Waals surface area (Å²) in [6, 6.07) is 8.68. The second-order valence-electron chi connectivity index (χ2n) is 9.07. The van der Waals surface area contributed by atoms with Crippen LogP contribution in [-0.2, 0) is 20.9 Å². The highest BCUT2D eigenvalue weighted by molar-refractivity contribution is 5.73. The van der Waals surface area contributed by atoms with Crippen LogP contribution < -0.4 is 4.90 Å². The number of carboxylic acid groups (broad SMARTS) is 2. The largest absolute Gasteiger partial charge is 0.490 e. The van der Waals surface area contributed by atoms with Crippen LogP contribution in [0.4, 0.5) is 36.7 Å². The minimum absolute atomic E-state index is 0.0913. The Kier molecular flexibility index (Phi) is 11.6. The molecule has 2 aliphatic heterocycles. The Labute approximate surface area is 224 Å². The van der Waals surface area contributed by atoms with Crippen molar-refractivity contribution in [1.82, 2.24) is 14.9 Å². The maximum absolute atomic E-state index is 13.2. The maximum atomic E-state index is 13.2. The summed E-state index contributed by atoms with van der Waals surface area (Å²) in [6.07, 6.45) is -4.28. The second-order valence-corrected chi connectivity index (χ2v) is 9.07. The smallest absolute Gasteiger partial charge is 0.475 e. The molecule has 16 heteroatoms. The lowest BCUT2D eigenvalue weighted by atomic mass is 9.80. The van der Waals surface area contributed by atoms with Crippen LogP contribution >= 0.6 is 0 Å². The van der Waals surface area contributed by atoms with Gasteiger partial charge in [0.15, 0.2) is 0 Å². The minimum atomic E-state index is -5.08. The molecule has 4 rings (SSSR count). The molecule has 2 aliphatic rings. The number of piperidine rings is 1. The van der Waals surface area contributed by atoms with Gasteiger partial charge in [0.25, 0.3) is 0 Å². The van der Waals surface area contributed by atoms with E-state index in [1.165, 1.54) is 12.1 Å². The van der Waals surface area contributed by atoms with E-state index in [2.05, 4.69) is 19.8 Å². The average molecular weight is 584 g/mol. The summed E-state index contributed by atoms with van der Waals surface area (Å²) < 4.78 is 82.6. The zero-order valence-electron chi connectivity index (χ0n) is 21.0. The zero-order chi connectivity index (χ0) is 30.0. The van der Waals surface area contributed by atoms with Crippen molar-refractivity contribution in [3.05, 3.63) is 54.1 Å². The number of hydrogen-bond donors (Lipinski definition) is 2. The molecule has 1 aromatic carbocycles. The third-order valence-corrected chi connectivity index (χ3v) is 5.82. The molecule has 40 heavy (non-hydrogen) atoms. The van der Waals surface area contributed by atoms with Crippen molar-refractivity contribution in [1.29, 1.82) is 0 Å². The molecule has 9 nitrogen and oxygen atoms in total. The fraction of sp³-hybridized carbons (Fsp3) is 0.500. The number of halogens is 7. The lowest BCUT2D eigenvalue weighted by Gasteiger charge is -2.43. The predicted molar refractivity (Wildman–Crippen MR) is 126 cm³/mol. The Morgan fingerprint density at radius 1 is 0.925 bits per heavy atom. The molecule has 2 fully saturated rings. The number of aliphatic carboxylic acids is 2.